The Morgan fingerprint density at radius 2 is 1.82 bits per heavy atom. The van der Waals surface area contributed by atoms with E-state index in [0.29, 0.717) is 10.6 Å². The van der Waals surface area contributed by atoms with Gasteiger partial charge in [0.1, 0.15) is 0 Å². The van der Waals surface area contributed by atoms with Crippen LogP contribution in [-0.4, -0.2) is 14.3 Å². The van der Waals surface area contributed by atoms with Gasteiger partial charge in [0.2, 0.25) is 5.91 Å². The Labute approximate surface area is 138 Å². The number of benzene rings is 2. The molecule has 116 valence electrons. The molecule has 3 N–H and O–H groups in total. The lowest BCUT2D eigenvalue weighted by Crippen LogP contribution is -2.17. The second kappa shape index (κ2) is 6.16. The van der Waals surface area contributed by atoms with E-state index in [0.717, 1.165) is 0 Å². The lowest BCUT2D eigenvalue weighted by molar-refractivity contribution is 0.0999. The summed E-state index contributed by atoms with van der Waals surface area (Å²) in [5.41, 5.74) is 6.11. The zero-order chi connectivity index (χ0) is 16.5. The van der Waals surface area contributed by atoms with Crippen molar-refractivity contribution in [3.8, 4) is 0 Å². The van der Waals surface area contributed by atoms with Crippen LogP contribution in [0.1, 0.15) is 15.9 Å². The molecule has 0 heterocycles. The summed E-state index contributed by atoms with van der Waals surface area (Å²) in [6, 6.07) is 8.52. The van der Waals surface area contributed by atoms with Crippen molar-refractivity contribution in [1.82, 2.24) is 0 Å². The molecule has 1 amide bonds. The van der Waals surface area contributed by atoms with Gasteiger partial charge in [-0.2, -0.15) is 0 Å². The van der Waals surface area contributed by atoms with Gasteiger partial charge in [-0.3, -0.25) is 9.52 Å². The highest BCUT2D eigenvalue weighted by molar-refractivity contribution is 7.92. The third-order valence-electron chi connectivity index (χ3n) is 2.96. The standard InChI is InChI=1S/C14H12Cl2N2O3S/c1-8-2-4-10(7-11(8)14(17)19)22(20,21)18-13-6-9(15)3-5-12(13)16/h2-7,18H,1H3,(H2,17,19). The minimum atomic E-state index is -3.93. The molecule has 5 nitrogen and oxygen atoms in total. The molecule has 0 fully saturated rings. The van der Waals surface area contributed by atoms with Crippen LogP contribution >= 0.6 is 23.2 Å². The van der Waals surface area contributed by atoms with Gasteiger partial charge in [-0.05, 0) is 42.8 Å². The SMILES string of the molecule is Cc1ccc(S(=O)(=O)Nc2cc(Cl)ccc2Cl)cc1C(N)=O. The maximum Gasteiger partial charge on any atom is 0.261 e. The summed E-state index contributed by atoms with van der Waals surface area (Å²) in [4.78, 5) is 11.2. The molecule has 0 saturated carbocycles. The molecule has 2 rings (SSSR count). The number of halogens is 2. The summed E-state index contributed by atoms with van der Waals surface area (Å²) in [6.45, 7) is 1.66. The van der Waals surface area contributed by atoms with Gasteiger partial charge < -0.3 is 5.73 Å². The Hall–Kier alpha value is -1.76. The molecule has 0 aliphatic carbocycles. The Balaban J connectivity index is 2.45. The van der Waals surface area contributed by atoms with Crippen molar-refractivity contribution in [3.05, 3.63) is 57.6 Å². The smallest absolute Gasteiger partial charge is 0.261 e. The topological polar surface area (TPSA) is 89.3 Å². The number of aryl methyl sites for hydroxylation is 1. The van der Waals surface area contributed by atoms with Crippen LogP contribution in [0, 0.1) is 6.92 Å². The molecule has 0 spiro atoms. The van der Waals surface area contributed by atoms with E-state index in [1.807, 2.05) is 0 Å². The fraction of sp³-hybridized carbons (Fsp3) is 0.0714. The first-order valence-corrected chi connectivity index (χ1v) is 8.33. The molecular weight excluding hydrogens is 347 g/mol. The van der Waals surface area contributed by atoms with Gasteiger partial charge in [0.25, 0.3) is 10.0 Å². The second-order valence-corrected chi connectivity index (χ2v) is 7.10. The van der Waals surface area contributed by atoms with E-state index in [-0.39, 0.29) is 21.2 Å². The minimum Gasteiger partial charge on any atom is -0.366 e. The van der Waals surface area contributed by atoms with Crippen LogP contribution in [0.15, 0.2) is 41.3 Å². The highest BCUT2D eigenvalue weighted by Gasteiger charge is 2.18. The highest BCUT2D eigenvalue weighted by atomic mass is 35.5. The lowest BCUT2D eigenvalue weighted by atomic mass is 10.1. The number of nitrogens with two attached hydrogens (primary N) is 1. The highest BCUT2D eigenvalue weighted by Crippen LogP contribution is 2.28. The molecule has 0 atom stereocenters. The summed E-state index contributed by atoms with van der Waals surface area (Å²) in [6.07, 6.45) is 0. The summed E-state index contributed by atoms with van der Waals surface area (Å²) in [5, 5.41) is 0.541. The Bertz CT molecular complexity index is 851. The van der Waals surface area contributed by atoms with E-state index in [4.69, 9.17) is 28.9 Å². The predicted octanol–water partition coefficient (Wildman–Crippen LogP) is 3.20. The number of amides is 1. The van der Waals surface area contributed by atoms with Gasteiger partial charge in [-0.25, -0.2) is 8.42 Å². The molecule has 0 radical (unpaired) electrons. The first-order valence-electron chi connectivity index (χ1n) is 6.09. The predicted molar refractivity (Wildman–Crippen MR) is 87.0 cm³/mol. The number of primary amides is 1. The van der Waals surface area contributed by atoms with Crippen LogP contribution in [0.2, 0.25) is 10.0 Å². The van der Waals surface area contributed by atoms with Crippen molar-refractivity contribution in [1.29, 1.82) is 0 Å². The number of hydrogen-bond acceptors (Lipinski definition) is 3. The maximum atomic E-state index is 12.4. The Morgan fingerprint density at radius 3 is 2.45 bits per heavy atom. The van der Waals surface area contributed by atoms with E-state index < -0.39 is 15.9 Å². The van der Waals surface area contributed by atoms with Gasteiger partial charge in [-0.15, -0.1) is 0 Å². The van der Waals surface area contributed by atoms with Crippen LogP contribution in [-0.2, 0) is 10.0 Å². The van der Waals surface area contributed by atoms with Crippen molar-refractivity contribution in [2.75, 3.05) is 4.72 Å². The van der Waals surface area contributed by atoms with Crippen molar-refractivity contribution < 1.29 is 13.2 Å². The molecular formula is C14H12Cl2N2O3S. The summed E-state index contributed by atoms with van der Waals surface area (Å²) in [5.74, 6) is -0.699. The van der Waals surface area contributed by atoms with Crippen LogP contribution in [0.25, 0.3) is 0 Å². The van der Waals surface area contributed by atoms with Crippen LogP contribution in [0.5, 0.6) is 0 Å². The third-order valence-corrected chi connectivity index (χ3v) is 4.89. The molecule has 2 aromatic rings. The zero-order valence-electron chi connectivity index (χ0n) is 11.4. The van der Waals surface area contributed by atoms with Crippen molar-refractivity contribution in [3.63, 3.8) is 0 Å². The summed E-state index contributed by atoms with van der Waals surface area (Å²) >= 11 is 11.8. The molecule has 0 aliphatic rings. The number of carbonyl (C=O) groups excluding carboxylic acids is 1. The normalized spacial score (nSPS) is 11.2. The zero-order valence-corrected chi connectivity index (χ0v) is 13.8. The fourth-order valence-corrected chi connectivity index (χ4v) is 3.30. The summed E-state index contributed by atoms with van der Waals surface area (Å²) in [7, 11) is -3.93. The fourth-order valence-electron chi connectivity index (χ4n) is 1.81. The number of sulfonamides is 1. The van der Waals surface area contributed by atoms with E-state index in [2.05, 4.69) is 4.72 Å². The van der Waals surface area contributed by atoms with Gasteiger partial charge in [0.15, 0.2) is 0 Å². The molecule has 0 aromatic heterocycles. The van der Waals surface area contributed by atoms with Crippen LogP contribution < -0.4 is 10.5 Å². The summed E-state index contributed by atoms with van der Waals surface area (Å²) < 4.78 is 27.1. The number of hydrogen-bond donors (Lipinski definition) is 2. The minimum absolute atomic E-state index is 0.0945. The number of anilines is 1. The third kappa shape index (κ3) is 3.52. The van der Waals surface area contributed by atoms with Gasteiger partial charge in [0, 0.05) is 10.6 Å². The van der Waals surface area contributed by atoms with E-state index >= 15 is 0 Å². The van der Waals surface area contributed by atoms with Gasteiger partial charge in [0.05, 0.1) is 15.6 Å². The van der Waals surface area contributed by atoms with Crippen molar-refractivity contribution >= 4 is 44.8 Å². The molecule has 0 saturated heterocycles. The van der Waals surface area contributed by atoms with E-state index in [1.165, 1.54) is 30.3 Å². The molecule has 22 heavy (non-hydrogen) atoms. The quantitative estimate of drug-likeness (QED) is 0.879. The van der Waals surface area contributed by atoms with E-state index in [9.17, 15) is 13.2 Å². The average Bonchev–Trinajstić information content (AvgIpc) is 2.42. The molecule has 0 unspecified atom stereocenters. The first-order chi connectivity index (χ1) is 10.2. The maximum absolute atomic E-state index is 12.4. The molecule has 0 bridgehead atoms. The first kappa shape index (κ1) is 16.6. The molecule has 0 aliphatic heterocycles. The lowest BCUT2D eigenvalue weighted by Gasteiger charge is -2.11. The van der Waals surface area contributed by atoms with Crippen LogP contribution in [0.4, 0.5) is 5.69 Å². The second-order valence-electron chi connectivity index (χ2n) is 4.57. The number of rotatable bonds is 4. The number of carbonyl (C=O) groups is 1. The Morgan fingerprint density at radius 1 is 1.14 bits per heavy atom. The van der Waals surface area contributed by atoms with E-state index in [1.54, 1.807) is 13.0 Å². The number of nitrogens with one attached hydrogen (secondary N) is 1. The monoisotopic (exact) mass is 358 g/mol. The van der Waals surface area contributed by atoms with Gasteiger partial charge in [-0.1, -0.05) is 29.3 Å². The average molecular weight is 359 g/mol. The van der Waals surface area contributed by atoms with Crippen LogP contribution in [0.3, 0.4) is 0 Å². The largest absolute Gasteiger partial charge is 0.366 e. The van der Waals surface area contributed by atoms with Crippen molar-refractivity contribution in [2.45, 2.75) is 11.8 Å². The Kier molecular flexibility index (Phi) is 4.65. The molecule has 2 aromatic carbocycles. The van der Waals surface area contributed by atoms with Crippen molar-refractivity contribution in [2.24, 2.45) is 5.73 Å². The molecule has 8 heteroatoms. The van der Waals surface area contributed by atoms with Gasteiger partial charge >= 0.3 is 0 Å².